The van der Waals surface area contributed by atoms with Crippen LogP contribution in [0, 0.1) is 0 Å². The summed E-state index contributed by atoms with van der Waals surface area (Å²) in [5, 5.41) is 4.45. The summed E-state index contributed by atoms with van der Waals surface area (Å²) in [6, 6.07) is 3.63. The number of benzene rings is 1. The topological polar surface area (TPSA) is 21.3 Å². The highest BCUT2D eigenvalue weighted by atomic mass is 79.9. The van der Waals surface area contributed by atoms with Crippen LogP contribution in [0.1, 0.15) is 12.8 Å². The van der Waals surface area contributed by atoms with Crippen molar-refractivity contribution in [1.82, 2.24) is 0 Å². The van der Waals surface area contributed by atoms with Gasteiger partial charge in [-0.1, -0.05) is 39.1 Å². The van der Waals surface area contributed by atoms with Gasteiger partial charge in [-0.05, 0) is 31.1 Å². The Morgan fingerprint density at radius 2 is 2.06 bits per heavy atom. The Bertz CT molecular complexity index is 414. The Labute approximate surface area is 119 Å². The second-order valence-corrected chi connectivity index (χ2v) is 5.56. The largest absolute Gasteiger partial charge is 0.497 e. The summed E-state index contributed by atoms with van der Waals surface area (Å²) in [7, 11) is 0. The van der Waals surface area contributed by atoms with E-state index < -0.39 is 0 Å². The zero-order valence-electron chi connectivity index (χ0n) is 9.05. The second kappa shape index (κ2) is 5.98. The molecule has 1 aromatic carbocycles. The Morgan fingerprint density at radius 1 is 1.35 bits per heavy atom. The number of ether oxygens (including phenoxy) is 1. The van der Waals surface area contributed by atoms with Gasteiger partial charge in [-0.2, -0.15) is 0 Å². The summed E-state index contributed by atoms with van der Waals surface area (Å²) >= 11 is 15.6. The van der Waals surface area contributed by atoms with Crippen LogP contribution in [-0.4, -0.2) is 12.6 Å². The van der Waals surface area contributed by atoms with E-state index in [0.717, 1.165) is 23.0 Å². The van der Waals surface area contributed by atoms with E-state index >= 15 is 0 Å². The molecule has 1 aliphatic heterocycles. The van der Waals surface area contributed by atoms with Gasteiger partial charge >= 0.3 is 0 Å². The third kappa shape index (κ3) is 3.54. The van der Waals surface area contributed by atoms with Gasteiger partial charge in [0.05, 0.1) is 28.5 Å². The lowest BCUT2D eigenvalue weighted by atomic mass is 10.1. The number of halogens is 3. The van der Waals surface area contributed by atoms with Gasteiger partial charge in [-0.15, -0.1) is 0 Å². The highest BCUT2D eigenvalue weighted by molar-refractivity contribution is 9.10. The summed E-state index contributed by atoms with van der Waals surface area (Å²) < 4.78 is 6.33. The molecule has 5 heteroatoms. The standard InChI is InChI=1S/C12H12BrCl2NO/c13-8-5-10(14)12(11(15)6-8)16-7-9-3-1-2-4-17-9/h2,4-6,9,16H,1,3,7H2. The molecule has 92 valence electrons. The van der Waals surface area contributed by atoms with Crippen LogP contribution in [0.4, 0.5) is 5.69 Å². The van der Waals surface area contributed by atoms with E-state index in [2.05, 4.69) is 21.2 Å². The third-order valence-corrected chi connectivity index (χ3v) is 3.59. The smallest absolute Gasteiger partial charge is 0.115 e. The molecule has 1 aliphatic rings. The molecular weight excluding hydrogens is 325 g/mol. The minimum atomic E-state index is 0.177. The Morgan fingerprint density at radius 3 is 2.65 bits per heavy atom. The van der Waals surface area contributed by atoms with E-state index in [1.54, 1.807) is 6.26 Å². The van der Waals surface area contributed by atoms with Crippen molar-refractivity contribution < 1.29 is 4.74 Å². The van der Waals surface area contributed by atoms with Gasteiger partial charge in [-0.25, -0.2) is 0 Å². The van der Waals surface area contributed by atoms with Crippen LogP contribution in [0.2, 0.25) is 10.0 Å². The van der Waals surface area contributed by atoms with Gasteiger partial charge in [0.25, 0.3) is 0 Å². The lowest BCUT2D eigenvalue weighted by Gasteiger charge is -2.21. The SMILES string of the molecule is Clc1cc(Br)cc(Cl)c1NCC1CCC=CO1. The second-order valence-electron chi connectivity index (χ2n) is 3.83. The molecule has 0 amide bonds. The van der Waals surface area contributed by atoms with Crippen LogP contribution in [-0.2, 0) is 4.74 Å². The van der Waals surface area contributed by atoms with Gasteiger partial charge in [0, 0.05) is 4.47 Å². The van der Waals surface area contributed by atoms with Crippen LogP contribution in [0.15, 0.2) is 28.9 Å². The third-order valence-electron chi connectivity index (χ3n) is 2.54. The van der Waals surface area contributed by atoms with Gasteiger partial charge in [0.1, 0.15) is 6.10 Å². The van der Waals surface area contributed by atoms with Crippen molar-refractivity contribution in [3.05, 3.63) is 39.0 Å². The molecule has 2 nitrogen and oxygen atoms in total. The molecule has 1 aromatic rings. The first-order valence-corrected chi connectivity index (χ1v) is 6.90. The molecule has 1 unspecified atom stereocenters. The number of hydrogen-bond acceptors (Lipinski definition) is 2. The maximum atomic E-state index is 6.12. The zero-order valence-corrected chi connectivity index (χ0v) is 12.1. The van der Waals surface area contributed by atoms with Crippen LogP contribution < -0.4 is 5.32 Å². The molecule has 0 saturated heterocycles. The molecule has 2 rings (SSSR count). The van der Waals surface area contributed by atoms with E-state index in [4.69, 9.17) is 27.9 Å². The summed E-state index contributed by atoms with van der Waals surface area (Å²) in [4.78, 5) is 0. The van der Waals surface area contributed by atoms with Crippen molar-refractivity contribution >= 4 is 44.8 Å². The number of allylic oxidation sites excluding steroid dienone is 1. The first-order valence-electron chi connectivity index (χ1n) is 5.35. The fraction of sp³-hybridized carbons (Fsp3) is 0.333. The van der Waals surface area contributed by atoms with E-state index in [1.165, 1.54) is 0 Å². The van der Waals surface area contributed by atoms with Crippen LogP contribution >= 0.6 is 39.1 Å². The van der Waals surface area contributed by atoms with E-state index in [1.807, 2.05) is 18.2 Å². The summed E-state index contributed by atoms with van der Waals surface area (Å²) in [5.41, 5.74) is 0.759. The molecule has 0 aliphatic carbocycles. The molecule has 1 heterocycles. The van der Waals surface area contributed by atoms with Crippen molar-refractivity contribution in [2.45, 2.75) is 18.9 Å². The molecule has 1 N–H and O–H groups in total. The van der Waals surface area contributed by atoms with Crippen molar-refractivity contribution in [1.29, 1.82) is 0 Å². The average molecular weight is 337 g/mol. The molecule has 1 atom stereocenters. The molecule has 0 aromatic heterocycles. The summed E-state index contributed by atoms with van der Waals surface area (Å²) in [5.74, 6) is 0. The fourth-order valence-corrected chi connectivity index (χ4v) is 3.00. The van der Waals surface area contributed by atoms with Gasteiger partial charge in [0.2, 0.25) is 0 Å². The number of hydrogen-bond donors (Lipinski definition) is 1. The van der Waals surface area contributed by atoms with Gasteiger partial charge in [-0.3, -0.25) is 0 Å². The summed E-state index contributed by atoms with van der Waals surface area (Å²) in [6.07, 6.45) is 6.01. The highest BCUT2D eigenvalue weighted by Gasteiger charge is 2.13. The van der Waals surface area contributed by atoms with Crippen LogP contribution in [0.3, 0.4) is 0 Å². The van der Waals surface area contributed by atoms with Gasteiger partial charge in [0.15, 0.2) is 0 Å². The molecular formula is C12H12BrCl2NO. The Balaban J connectivity index is 2.01. The minimum absolute atomic E-state index is 0.177. The average Bonchev–Trinajstić information content (AvgIpc) is 2.29. The first kappa shape index (κ1) is 13.1. The first-order chi connectivity index (χ1) is 8.16. The molecule has 0 radical (unpaired) electrons. The maximum absolute atomic E-state index is 6.12. The zero-order chi connectivity index (χ0) is 12.3. The predicted octanol–water partition coefficient (Wildman–Crippen LogP) is 4.86. The lowest BCUT2D eigenvalue weighted by Crippen LogP contribution is -2.23. The molecule has 0 bridgehead atoms. The molecule has 17 heavy (non-hydrogen) atoms. The summed E-state index contributed by atoms with van der Waals surface area (Å²) in [6.45, 7) is 0.700. The van der Waals surface area contributed by atoms with Crippen molar-refractivity contribution in [2.24, 2.45) is 0 Å². The Kier molecular flexibility index (Phi) is 4.60. The van der Waals surface area contributed by atoms with Crippen LogP contribution in [0.5, 0.6) is 0 Å². The molecule has 0 fully saturated rings. The quantitative estimate of drug-likeness (QED) is 0.851. The Hall–Kier alpha value is -0.380. The minimum Gasteiger partial charge on any atom is -0.497 e. The number of rotatable bonds is 3. The van der Waals surface area contributed by atoms with Crippen molar-refractivity contribution in [3.63, 3.8) is 0 Å². The van der Waals surface area contributed by atoms with Crippen molar-refractivity contribution in [3.8, 4) is 0 Å². The predicted molar refractivity (Wildman–Crippen MR) is 75.9 cm³/mol. The van der Waals surface area contributed by atoms with Crippen molar-refractivity contribution in [2.75, 3.05) is 11.9 Å². The number of anilines is 1. The lowest BCUT2D eigenvalue weighted by molar-refractivity contribution is 0.135. The maximum Gasteiger partial charge on any atom is 0.115 e. The molecule has 0 saturated carbocycles. The van der Waals surface area contributed by atoms with Crippen LogP contribution in [0.25, 0.3) is 0 Å². The van der Waals surface area contributed by atoms with Gasteiger partial charge < -0.3 is 10.1 Å². The molecule has 0 spiro atoms. The highest BCUT2D eigenvalue weighted by Crippen LogP contribution is 2.33. The fourth-order valence-electron chi connectivity index (χ4n) is 1.66. The monoisotopic (exact) mass is 335 g/mol. The number of nitrogens with one attached hydrogen (secondary N) is 1. The normalized spacial score (nSPS) is 18.9. The van der Waals surface area contributed by atoms with E-state index in [9.17, 15) is 0 Å². The van der Waals surface area contributed by atoms with E-state index in [-0.39, 0.29) is 6.10 Å². The van der Waals surface area contributed by atoms with E-state index in [0.29, 0.717) is 16.6 Å².